The zero-order chi connectivity index (χ0) is 19.8. The van der Waals surface area contributed by atoms with Gasteiger partial charge in [0.25, 0.3) is 5.91 Å². The van der Waals surface area contributed by atoms with Gasteiger partial charge in [0, 0.05) is 16.5 Å². The van der Waals surface area contributed by atoms with E-state index in [0.29, 0.717) is 17.1 Å². The largest absolute Gasteiger partial charge is 0.497 e. The molecule has 8 heteroatoms. The topological polar surface area (TPSA) is 72.8 Å². The molecule has 0 atom stereocenters. The van der Waals surface area contributed by atoms with Crippen LogP contribution in [0.1, 0.15) is 5.56 Å². The lowest BCUT2D eigenvalue weighted by Gasteiger charge is -2.06. The van der Waals surface area contributed by atoms with Gasteiger partial charge in [-0.05, 0) is 18.2 Å². The number of thioether (sulfide) groups is 1. The van der Waals surface area contributed by atoms with E-state index in [9.17, 15) is 4.79 Å². The summed E-state index contributed by atoms with van der Waals surface area (Å²) in [6, 6.07) is 15.3. The molecule has 0 bridgehead atoms. The summed E-state index contributed by atoms with van der Waals surface area (Å²) in [4.78, 5) is 16.6. The van der Waals surface area contributed by atoms with Gasteiger partial charge in [-0.25, -0.2) is 10.4 Å². The minimum Gasteiger partial charge on any atom is -0.497 e. The van der Waals surface area contributed by atoms with Gasteiger partial charge < -0.3 is 9.47 Å². The first kappa shape index (κ1) is 19.9. The third kappa shape index (κ3) is 5.34. The van der Waals surface area contributed by atoms with Crippen LogP contribution in [0.25, 0.3) is 11.3 Å². The molecule has 0 fully saturated rings. The number of thiazole rings is 1. The summed E-state index contributed by atoms with van der Waals surface area (Å²) in [7, 11) is 3.16. The number of amides is 1. The summed E-state index contributed by atoms with van der Waals surface area (Å²) < 4.78 is 11.3. The Hall–Kier alpha value is -2.84. The zero-order valence-corrected chi connectivity index (χ0v) is 17.0. The highest BCUT2D eigenvalue weighted by atomic mass is 32.2. The number of aromatic nitrogens is 1. The van der Waals surface area contributed by atoms with Crippen LogP contribution in [0.3, 0.4) is 0 Å². The van der Waals surface area contributed by atoms with E-state index < -0.39 is 0 Å². The Morgan fingerprint density at radius 3 is 2.79 bits per heavy atom. The molecule has 0 radical (unpaired) electrons. The van der Waals surface area contributed by atoms with Crippen molar-refractivity contribution < 1.29 is 14.3 Å². The van der Waals surface area contributed by atoms with Crippen LogP contribution < -0.4 is 14.9 Å². The molecular formula is C20H19N3O3S2. The van der Waals surface area contributed by atoms with E-state index in [1.54, 1.807) is 32.4 Å². The summed E-state index contributed by atoms with van der Waals surface area (Å²) in [5.74, 6) is 1.35. The van der Waals surface area contributed by atoms with Crippen molar-refractivity contribution in [1.29, 1.82) is 0 Å². The third-order valence-corrected chi connectivity index (χ3v) is 5.73. The SMILES string of the molecule is COc1ccc(OC)c(/C=N/NC(=O)CSc2nc(-c3ccccc3)cs2)c1. The first-order chi connectivity index (χ1) is 13.7. The maximum atomic E-state index is 12.0. The Bertz CT molecular complexity index is 958. The van der Waals surface area contributed by atoms with Crippen LogP contribution >= 0.6 is 23.1 Å². The number of methoxy groups -OCH3 is 2. The van der Waals surface area contributed by atoms with E-state index in [2.05, 4.69) is 15.5 Å². The second-order valence-corrected chi connectivity index (χ2v) is 7.63. The highest BCUT2D eigenvalue weighted by Crippen LogP contribution is 2.28. The molecule has 3 rings (SSSR count). The van der Waals surface area contributed by atoms with Gasteiger partial charge in [0.05, 0.1) is 31.9 Å². The average molecular weight is 414 g/mol. The van der Waals surface area contributed by atoms with Crippen molar-refractivity contribution in [3.63, 3.8) is 0 Å². The summed E-state index contributed by atoms with van der Waals surface area (Å²) in [5, 5.41) is 5.99. The van der Waals surface area contributed by atoms with Gasteiger partial charge in [0.2, 0.25) is 0 Å². The number of rotatable bonds is 8. The number of carbonyl (C=O) groups is 1. The van der Waals surface area contributed by atoms with Crippen LogP contribution in [-0.2, 0) is 4.79 Å². The normalized spacial score (nSPS) is 10.8. The van der Waals surface area contributed by atoms with Gasteiger partial charge in [-0.2, -0.15) is 5.10 Å². The molecule has 0 aliphatic carbocycles. The van der Waals surface area contributed by atoms with Crippen molar-refractivity contribution in [2.45, 2.75) is 4.34 Å². The minimum atomic E-state index is -0.209. The molecule has 1 aromatic heterocycles. The van der Waals surface area contributed by atoms with Crippen molar-refractivity contribution in [1.82, 2.24) is 10.4 Å². The molecular weight excluding hydrogens is 394 g/mol. The van der Waals surface area contributed by atoms with Gasteiger partial charge in [-0.3, -0.25) is 4.79 Å². The molecule has 3 aromatic rings. The lowest BCUT2D eigenvalue weighted by atomic mass is 10.2. The van der Waals surface area contributed by atoms with Crippen LogP contribution in [0.15, 0.2) is 63.4 Å². The summed E-state index contributed by atoms with van der Waals surface area (Å²) in [6.45, 7) is 0. The number of carbonyl (C=O) groups excluding carboxylic acids is 1. The first-order valence-corrected chi connectivity index (χ1v) is 10.2. The van der Waals surface area contributed by atoms with E-state index in [-0.39, 0.29) is 11.7 Å². The number of ether oxygens (including phenoxy) is 2. The smallest absolute Gasteiger partial charge is 0.250 e. The quantitative estimate of drug-likeness (QED) is 0.342. The van der Waals surface area contributed by atoms with Gasteiger partial charge in [-0.1, -0.05) is 42.1 Å². The van der Waals surface area contributed by atoms with Gasteiger partial charge in [0.1, 0.15) is 11.5 Å². The Morgan fingerprint density at radius 1 is 1.21 bits per heavy atom. The van der Waals surface area contributed by atoms with E-state index >= 15 is 0 Å². The Balaban J connectivity index is 1.53. The molecule has 0 saturated heterocycles. The van der Waals surface area contributed by atoms with Crippen molar-refractivity contribution in [2.24, 2.45) is 5.10 Å². The monoisotopic (exact) mass is 413 g/mol. The summed E-state index contributed by atoms with van der Waals surface area (Å²) >= 11 is 2.90. The predicted molar refractivity (Wildman–Crippen MR) is 114 cm³/mol. The standard InChI is InChI=1S/C20H19N3O3S2/c1-25-16-8-9-18(26-2)15(10-16)11-21-23-19(24)13-28-20-22-17(12-27-20)14-6-4-3-5-7-14/h3-12H,13H2,1-2H3,(H,23,24)/b21-11+. The maximum Gasteiger partial charge on any atom is 0.250 e. The van der Waals surface area contributed by atoms with Gasteiger partial charge in [0.15, 0.2) is 4.34 Å². The van der Waals surface area contributed by atoms with E-state index in [4.69, 9.17) is 9.47 Å². The molecule has 28 heavy (non-hydrogen) atoms. The van der Waals surface area contributed by atoms with Crippen molar-refractivity contribution >= 4 is 35.2 Å². The Kier molecular flexibility index (Phi) is 7.05. The molecule has 0 saturated carbocycles. The van der Waals surface area contributed by atoms with Gasteiger partial charge >= 0.3 is 0 Å². The van der Waals surface area contributed by atoms with E-state index in [1.165, 1.54) is 29.3 Å². The van der Waals surface area contributed by atoms with Crippen molar-refractivity contribution in [3.05, 3.63) is 59.5 Å². The molecule has 6 nitrogen and oxygen atoms in total. The fraction of sp³-hybridized carbons (Fsp3) is 0.150. The van der Waals surface area contributed by atoms with Crippen LogP contribution in [0.4, 0.5) is 0 Å². The van der Waals surface area contributed by atoms with Crippen molar-refractivity contribution in [3.8, 4) is 22.8 Å². The van der Waals surface area contributed by atoms with Crippen molar-refractivity contribution in [2.75, 3.05) is 20.0 Å². The predicted octanol–water partition coefficient (Wildman–Crippen LogP) is 4.07. The fourth-order valence-corrected chi connectivity index (χ4v) is 3.97. The van der Waals surface area contributed by atoms with E-state index in [0.717, 1.165) is 15.6 Å². The molecule has 0 spiro atoms. The summed E-state index contributed by atoms with van der Waals surface area (Å²) in [6.07, 6.45) is 1.53. The number of hydrogen-bond acceptors (Lipinski definition) is 7. The summed E-state index contributed by atoms with van der Waals surface area (Å²) in [5.41, 5.74) is 5.20. The minimum absolute atomic E-state index is 0.209. The van der Waals surface area contributed by atoms with Gasteiger partial charge in [-0.15, -0.1) is 11.3 Å². The van der Waals surface area contributed by atoms with Crippen LogP contribution in [0, 0.1) is 0 Å². The number of hydrazone groups is 1. The lowest BCUT2D eigenvalue weighted by Crippen LogP contribution is -2.19. The molecule has 1 amide bonds. The Morgan fingerprint density at radius 2 is 2.04 bits per heavy atom. The molecule has 1 heterocycles. The molecule has 0 aliphatic rings. The maximum absolute atomic E-state index is 12.0. The zero-order valence-electron chi connectivity index (χ0n) is 15.4. The second kappa shape index (κ2) is 9.91. The molecule has 0 aliphatic heterocycles. The average Bonchev–Trinajstić information content (AvgIpc) is 3.22. The highest BCUT2D eigenvalue weighted by Gasteiger charge is 2.08. The van der Waals surface area contributed by atoms with E-state index in [1.807, 2.05) is 35.7 Å². The number of benzene rings is 2. The Labute approximate surface area is 171 Å². The lowest BCUT2D eigenvalue weighted by molar-refractivity contribution is -0.118. The number of nitrogens with zero attached hydrogens (tertiary/aromatic N) is 2. The fourth-order valence-electron chi connectivity index (χ4n) is 2.34. The number of nitrogens with one attached hydrogen (secondary N) is 1. The van der Waals surface area contributed by atoms with Crippen LogP contribution in [-0.4, -0.2) is 37.1 Å². The second-order valence-electron chi connectivity index (χ2n) is 5.55. The highest BCUT2D eigenvalue weighted by molar-refractivity contribution is 8.01. The molecule has 144 valence electrons. The van der Waals surface area contributed by atoms with Crippen LogP contribution in [0.5, 0.6) is 11.5 Å². The molecule has 1 N–H and O–H groups in total. The van der Waals surface area contributed by atoms with Crippen LogP contribution in [0.2, 0.25) is 0 Å². The third-order valence-electron chi connectivity index (χ3n) is 3.71. The number of hydrogen-bond donors (Lipinski definition) is 1. The first-order valence-electron chi connectivity index (χ1n) is 8.37. The molecule has 0 unspecified atom stereocenters. The molecule has 2 aromatic carbocycles.